The molecule has 288 valence electrons. The van der Waals surface area contributed by atoms with Crippen molar-refractivity contribution in [2.45, 2.75) is 5.41 Å². The summed E-state index contributed by atoms with van der Waals surface area (Å²) >= 11 is 0. The molecule has 2 heterocycles. The van der Waals surface area contributed by atoms with Crippen LogP contribution in [0.4, 0.5) is 0 Å². The lowest BCUT2D eigenvalue weighted by molar-refractivity contribution is 0.669. The van der Waals surface area contributed by atoms with Crippen molar-refractivity contribution >= 4 is 21.9 Å². The first-order valence-electron chi connectivity index (χ1n) is 21.1. The van der Waals surface area contributed by atoms with Crippen molar-refractivity contribution in [2.75, 3.05) is 0 Å². The van der Waals surface area contributed by atoms with Crippen molar-refractivity contribution in [2.24, 2.45) is 0 Å². The third-order valence-electron chi connectivity index (χ3n) is 13.0. The number of fused-ring (bicyclic) bond motifs is 13. The van der Waals surface area contributed by atoms with Gasteiger partial charge in [-0.2, -0.15) is 0 Å². The van der Waals surface area contributed by atoms with Crippen LogP contribution < -0.4 is 0 Å². The zero-order valence-corrected chi connectivity index (χ0v) is 33.5. The van der Waals surface area contributed by atoms with Crippen molar-refractivity contribution in [3.8, 4) is 78.7 Å². The van der Waals surface area contributed by atoms with Crippen LogP contribution in [0, 0.1) is 0 Å². The fraction of sp³-hybridized carbons (Fsp3) is 0.0172. The van der Waals surface area contributed by atoms with Gasteiger partial charge in [0, 0.05) is 27.5 Å². The second kappa shape index (κ2) is 13.4. The average molecular weight is 790 g/mol. The number of benzene rings is 9. The predicted molar refractivity (Wildman–Crippen MR) is 251 cm³/mol. The Morgan fingerprint density at radius 3 is 1.39 bits per heavy atom. The third kappa shape index (κ3) is 5.04. The van der Waals surface area contributed by atoms with Gasteiger partial charge in [0.1, 0.15) is 11.2 Å². The number of hydrogen-bond donors (Lipinski definition) is 0. The summed E-state index contributed by atoms with van der Waals surface area (Å²) in [6.45, 7) is 0. The monoisotopic (exact) mass is 789 g/mol. The van der Waals surface area contributed by atoms with Crippen molar-refractivity contribution in [3.63, 3.8) is 0 Å². The molecule has 0 aliphatic heterocycles. The van der Waals surface area contributed by atoms with E-state index in [1.54, 1.807) is 0 Å². The van der Waals surface area contributed by atoms with Gasteiger partial charge in [-0.3, -0.25) is 0 Å². The minimum atomic E-state index is -0.401. The summed E-state index contributed by atoms with van der Waals surface area (Å²) in [6.07, 6.45) is 0. The van der Waals surface area contributed by atoms with Gasteiger partial charge in [-0.15, -0.1) is 0 Å². The van der Waals surface area contributed by atoms with E-state index in [1.165, 1.54) is 50.1 Å². The number of rotatable bonds is 5. The molecule has 0 atom stereocenters. The lowest BCUT2D eigenvalue weighted by atomic mass is 9.70. The van der Waals surface area contributed by atoms with E-state index < -0.39 is 5.41 Å². The Morgan fingerprint density at radius 2 is 0.758 bits per heavy atom. The Labute approximate surface area is 358 Å². The molecule has 0 radical (unpaired) electrons. The van der Waals surface area contributed by atoms with E-state index in [0.29, 0.717) is 17.5 Å². The topological polar surface area (TPSA) is 51.8 Å². The van der Waals surface area contributed by atoms with E-state index in [9.17, 15) is 0 Å². The van der Waals surface area contributed by atoms with Crippen LogP contribution in [0.3, 0.4) is 0 Å². The van der Waals surface area contributed by atoms with Crippen molar-refractivity contribution in [1.29, 1.82) is 0 Å². The molecule has 2 aliphatic carbocycles. The van der Waals surface area contributed by atoms with Gasteiger partial charge in [0.25, 0.3) is 0 Å². The maximum atomic E-state index is 6.59. The minimum Gasteiger partial charge on any atom is -0.456 e. The average Bonchev–Trinajstić information content (AvgIpc) is 3.98. The summed E-state index contributed by atoms with van der Waals surface area (Å²) in [5, 5.41) is 2.15. The van der Waals surface area contributed by atoms with Gasteiger partial charge in [0.05, 0.1) is 5.41 Å². The zero-order valence-electron chi connectivity index (χ0n) is 33.5. The highest BCUT2D eigenvalue weighted by Gasteiger charge is 2.51. The highest BCUT2D eigenvalue weighted by atomic mass is 16.3. The standard InChI is InChI=1S/C58H35N3O/c1-3-15-36(16-4-1)55-59-56(37-17-5-2-6-18-37)61-57(60-55)41-20-13-19-40(33-41)42-24-14-28-53-54(42)47-34-38(30-32-52(47)62-53)39-29-31-46-45-23-9-12-27-50(45)58(51(46)35-39)48-25-10-7-21-43(48)44-22-8-11-26-49(44)58/h1-35H. The SMILES string of the molecule is c1ccc(-c2nc(-c3ccccc3)nc(-c3cccc(-c4cccc5oc6ccc(-c7ccc8c(c7)C7(c9ccccc9-c9ccccc97)c7ccccc7-8)cc6c45)c3)n2)cc1. The quantitative estimate of drug-likeness (QED) is 0.174. The molecule has 0 N–H and O–H groups in total. The van der Waals surface area contributed by atoms with E-state index in [2.05, 4.69) is 152 Å². The van der Waals surface area contributed by atoms with Crippen molar-refractivity contribution in [3.05, 3.63) is 235 Å². The Bertz CT molecular complexity index is 3470. The molecule has 9 aromatic carbocycles. The van der Waals surface area contributed by atoms with Gasteiger partial charge in [0.15, 0.2) is 17.5 Å². The molecule has 2 aliphatic rings. The van der Waals surface area contributed by atoms with Gasteiger partial charge < -0.3 is 4.42 Å². The molecule has 0 amide bonds. The predicted octanol–water partition coefficient (Wildman–Crippen LogP) is 14.4. The molecule has 1 spiro atoms. The van der Waals surface area contributed by atoms with Crippen LogP contribution >= 0.6 is 0 Å². The Hall–Kier alpha value is -8.21. The summed E-state index contributed by atoms with van der Waals surface area (Å²) in [6, 6.07) is 75.7. The van der Waals surface area contributed by atoms with Crippen molar-refractivity contribution in [1.82, 2.24) is 15.0 Å². The maximum Gasteiger partial charge on any atom is 0.164 e. The lowest BCUT2D eigenvalue weighted by Gasteiger charge is -2.30. The molecular weight excluding hydrogens is 755 g/mol. The molecule has 0 fully saturated rings. The lowest BCUT2D eigenvalue weighted by Crippen LogP contribution is -2.25. The third-order valence-corrected chi connectivity index (χ3v) is 13.0. The molecule has 0 bridgehead atoms. The Balaban J connectivity index is 0.957. The van der Waals surface area contributed by atoms with Gasteiger partial charge >= 0.3 is 0 Å². The number of hydrogen-bond acceptors (Lipinski definition) is 4. The highest BCUT2D eigenvalue weighted by molar-refractivity contribution is 6.13. The van der Waals surface area contributed by atoms with E-state index in [0.717, 1.165) is 55.3 Å². The molecule has 11 aromatic rings. The van der Waals surface area contributed by atoms with Crippen molar-refractivity contribution < 1.29 is 4.42 Å². The summed E-state index contributed by atoms with van der Waals surface area (Å²) in [4.78, 5) is 15.0. The molecule has 0 saturated heterocycles. The maximum absolute atomic E-state index is 6.59. The van der Waals surface area contributed by atoms with Crippen LogP contribution in [0.5, 0.6) is 0 Å². The van der Waals surface area contributed by atoms with E-state index in [1.807, 2.05) is 60.7 Å². The number of nitrogens with zero attached hydrogens (tertiary/aromatic N) is 3. The number of furan rings is 1. The van der Waals surface area contributed by atoms with Crippen LogP contribution in [-0.2, 0) is 5.41 Å². The molecule has 2 aromatic heterocycles. The summed E-state index contributed by atoms with van der Waals surface area (Å²) < 4.78 is 6.59. The molecule has 13 rings (SSSR count). The van der Waals surface area contributed by atoms with E-state index >= 15 is 0 Å². The largest absolute Gasteiger partial charge is 0.456 e. The first-order chi connectivity index (χ1) is 30.7. The Morgan fingerprint density at radius 1 is 0.290 bits per heavy atom. The molecule has 4 nitrogen and oxygen atoms in total. The summed E-state index contributed by atoms with van der Waals surface area (Å²) in [7, 11) is 0. The van der Waals surface area contributed by atoms with Gasteiger partial charge in [-0.1, -0.05) is 182 Å². The first kappa shape index (κ1) is 34.6. The van der Waals surface area contributed by atoms with E-state index in [-0.39, 0.29) is 0 Å². The first-order valence-corrected chi connectivity index (χ1v) is 21.1. The fourth-order valence-electron chi connectivity index (χ4n) is 10.3. The summed E-state index contributed by atoms with van der Waals surface area (Å²) in [5.41, 5.74) is 19.1. The Kier molecular flexibility index (Phi) is 7.49. The number of aromatic nitrogens is 3. The smallest absolute Gasteiger partial charge is 0.164 e. The molecule has 0 saturated carbocycles. The molecular formula is C58H35N3O. The van der Waals surface area contributed by atoms with Crippen LogP contribution in [-0.4, -0.2) is 15.0 Å². The van der Waals surface area contributed by atoms with Gasteiger partial charge in [0.2, 0.25) is 0 Å². The minimum absolute atomic E-state index is 0.401. The fourth-order valence-corrected chi connectivity index (χ4v) is 10.3. The molecule has 62 heavy (non-hydrogen) atoms. The normalized spacial score (nSPS) is 13.0. The molecule has 4 heteroatoms. The zero-order chi connectivity index (χ0) is 40.8. The van der Waals surface area contributed by atoms with Crippen LogP contribution in [0.15, 0.2) is 217 Å². The highest BCUT2D eigenvalue weighted by Crippen LogP contribution is 2.63. The second-order valence-electron chi connectivity index (χ2n) is 16.3. The van der Waals surface area contributed by atoms with Gasteiger partial charge in [-0.25, -0.2) is 15.0 Å². The second-order valence-corrected chi connectivity index (χ2v) is 16.3. The van der Waals surface area contributed by atoms with Crippen LogP contribution in [0.2, 0.25) is 0 Å². The van der Waals surface area contributed by atoms with Crippen LogP contribution in [0.1, 0.15) is 22.3 Å². The van der Waals surface area contributed by atoms with E-state index in [4.69, 9.17) is 19.4 Å². The summed E-state index contributed by atoms with van der Waals surface area (Å²) in [5.74, 6) is 1.89. The molecule has 0 unspecified atom stereocenters. The van der Waals surface area contributed by atoms with Crippen LogP contribution in [0.25, 0.3) is 101 Å². The van der Waals surface area contributed by atoms with Gasteiger partial charge in [-0.05, 0) is 97.1 Å².